The summed E-state index contributed by atoms with van der Waals surface area (Å²) in [6.45, 7) is 0. The van der Waals surface area contributed by atoms with Crippen molar-refractivity contribution in [3.8, 4) is 22.3 Å². The van der Waals surface area contributed by atoms with Crippen LogP contribution in [0.15, 0.2) is 200 Å². The van der Waals surface area contributed by atoms with Crippen molar-refractivity contribution in [2.45, 2.75) is 5.41 Å². The lowest BCUT2D eigenvalue weighted by Crippen LogP contribution is -2.29. The van der Waals surface area contributed by atoms with Crippen LogP contribution in [0.1, 0.15) is 22.3 Å². The first-order valence-electron chi connectivity index (χ1n) is 16.6. The summed E-state index contributed by atoms with van der Waals surface area (Å²) in [6.07, 6.45) is 0. The lowest BCUT2D eigenvalue weighted by Gasteiger charge is -2.36. The molecule has 0 N–H and O–H groups in total. The Balaban J connectivity index is 1.33. The highest BCUT2D eigenvalue weighted by Gasteiger charge is 2.47. The van der Waals surface area contributed by atoms with Gasteiger partial charge in [0.25, 0.3) is 0 Å². The quantitative estimate of drug-likeness (QED) is 0.181. The Hall–Kier alpha value is -6.18. The molecular weight excluding hydrogens is 579 g/mol. The summed E-state index contributed by atoms with van der Waals surface area (Å²) < 4.78 is 0. The molecule has 48 heavy (non-hydrogen) atoms. The Kier molecular flexibility index (Phi) is 6.76. The average molecular weight is 612 g/mol. The Morgan fingerprint density at radius 2 is 0.896 bits per heavy atom. The second kappa shape index (κ2) is 11.6. The Morgan fingerprint density at radius 3 is 1.60 bits per heavy atom. The monoisotopic (exact) mass is 611 g/mol. The first-order chi connectivity index (χ1) is 23.8. The maximum atomic E-state index is 2.38. The number of hydrogen-bond acceptors (Lipinski definition) is 1. The van der Waals surface area contributed by atoms with Crippen molar-refractivity contribution < 1.29 is 0 Å². The van der Waals surface area contributed by atoms with Gasteiger partial charge in [0.05, 0.1) is 5.41 Å². The second-order valence-electron chi connectivity index (χ2n) is 12.5. The van der Waals surface area contributed by atoms with Crippen LogP contribution in [0.5, 0.6) is 0 Å². The topological polar surface area (TPSA) is 3.24 Å². The first kappa shape index (κ1) is 28.1. The molecule has 0 aromatic heterocycles. The van der Waals surface area contributed by atoms with Crippen molar-refractivity contribution in [1.82, 2.24) is 0 Å². The number of para-hydroxylation sites is 2. The summed E-state index contributed by atoms with van der Waals surface area (Å²) in [5, 5.41) is 2.55. The van der Waals surface area contributed by atoms with Crippen LogP contribution in [0.4, 0.5) is 17.1 Å². The molecule has 0 aliphatic heterocycles. The first-order valence-corrected chi connectivity index (χ1v) is 16.6. The van der Waals surface area contributed by atoms with Crippen LogP contribution in [0.2, 0.25) is 0 Å². The van der Waals surface area contributed by atoms with Gasteiger partial charge >= 0.3 is 0 Å². The summed E-state index contributed by atoms with van der Waals surface area (Å²) in [5.41, 5.74) is 13.1. The van der Waals surface area contributed by atoms with Gasteiger partial charge in [0.15, 0.2) is 0 Å². The fourth-order valence-electron chi connectivity index (χ4n) is 7.97. The van der Waals surface area contributed by atoms with Crippen LogP contribution in [0.25, 0.3) is 33.0 Å². The van der Waals surface area contributed by atoms with Crippen LogP contribution < -0.4 is 4.90 Å². The van der Waals surface area contributed by atoms with E-state index in [1.807, 2.05) is 0 Å². The molecule has 0 saturated carbocycles. The minimum atomic E-state index is -0.512. The normalized spacial score (nSPS) is 14.8. The predicted octanol–water partition coefficient (Wildman–Crippen LogP) is 12.3. The third kappa shape index (κ3) is 4.32. The molecular formula is C47H33N. The molecule has 0 bridgehead atoms. The van der Waals surface area contributed by atoms with Crippen LogP contribution in [-0.2, 0) is 5.41 Å². The van der Waals surface area contributed by atoms with E-state index in [1.165, 1.54) is 55.3 Å². The third-order valence-electron chi connectivity index (χ3n) is 9.92. The van der Waals surface area contributed by atoms with Gasteiger partial charge in [0.1, 0.15) is 0 Å². The van der Waals surface area contributed by atoms with Crippen molar-refractivity contribution in [1.29, 1.82) is 0 Å². The predicted molar refractivity (Wildman–Crippen MR) is 201 cm³/mol. The van der Waals surface area contributed by atoms with E-state index in [-0.39, 0.29) is 0 Å². The number of nitrogens with zero attached hydrogens (tertiary/aromatic N) is 1. The van der Waals surface area contributed by atoms with Crippen LogP contribution in [-0.4, -0.2) is 0 Å². The molecule has 8 aromatic carbocycles. The number of anilines is 3. The number of rotatable bonds is 6. The van der Waals surface area contributed by atoms with E-state index >= 15 is 0 Å². The van der Waals surface area contributed by atoms with E-state index in [4.69, 9.17) is 0 Å². The third-order valence-corrected chi connectivity index (χ3v) is 9.92. The van der Waals surface area contributed by atoms with Gasteiger partial charge in [-0.15, -0.1) is 0 Å². The van der Waals surface area contributed by atoms with Gasteiger partial charge in [-0.3, -0.25) is 0 Å². The Labute approximate surface area is 282 Å². The summed E-state index contributed by atoms with van der Waals surface area (Å²) in [7, 11) is 0. The summed E-state index contributed by atoms with van der Waals surface area (Å²) in [4.78, 5) is 2.34. The maximum absolute atomic E-state index is 2.38. The molecule has 0 fully saturated rings. The molecule has 1 atom stereocenters. The van der Waals surface area contributed by atoms with Gasteiger partial charge in [0.2, 0.25) is 0 Å². The highest BCUT2D eigenvalue weighted by Crippen LogP contribution is 2.59. The van der Waals surface area contributed by atoms with Crippen molar-refractivity contribution in [3.63, 3.8) is 0 Å². The molecule has 1 unspecified atom stereocenters. The summed E-state index contributed by atoms with van der Waals surface area (Å²) in [6, 6.07) is 72.9. The fourth-order valence-corrected chi connectivity index (χ4v) is 7.97. The molecule has 1 nitrogen and oxygen atoms in total. The van der Waals surface area contributed by atoms with E-state index in [0.717, 1.165) is 17.1 Å². The number of fused-ring (bicyclic) bond motifs is 5. The van der Waals surface area contributed by atoms with Crippen LogP contribution in [0, 0.1) is 0 Å². The van der Waals surface area contributed by atoms with Crippen molar-refractivity contribution in [2.75, 3.05) is 4.90 Å². The standard InChI is InChI=1S/C47H33N/c1-4-19-36(20-5-1)47(44-30-15-13-28-42(44)46-41-27-11-10-17-34(41)31-32-45(46)47)43-29-14-12-26-40(43)35-18-16-25-39(33-35)48(37-21-6-2-7-22-37)38-23-8-3-9-24-38/h1-33H. The maximum Gasteiger partial charge on any atom is 0.0719 e. The molecule has 1 heteroatoms. The van der Waals surface area contributed by atoms with Gasteiger partial charge < -0.3 is 4.90 Å². The van der Waals surface area contributed by atoms with E-state index in [0.29, 0.717) is 0 Å². The van der Waals surface area contributed by atoms with Gasteiger partial charge in [-0.05, 0) is 91.7 Å². The van der Waals surface area contributed by atoms with E-state index in [2.05, 4.69) is 205 Å². The van der Waals surface area contributed by atoms with E-state index < -0.39 is 5.41 Å². The van der Waals surface area contributed by atoms with Gasteiger partial charge in [-0.2, -0.15) is 0 Å². The van der Waals surface area contributed by atoms with Gasteiger partial charge in [0, 0.05) is 17.1 Å². The summed E-state index contributed by atoms with van der Waals surface area (Å²) >= 11 is 0. The second-order valence-corrected chi connectivity index (χ2v) is 12.5. The van der Waals surface area contributed by atoms with E-state index in [1.54, 1.807) is 0 Å². The minimum absolute atomic E-state index is 0.512. The SMILES string of the molecule is c1ccc(N(c2ccccc2)c2cccc(-c3ccccc3C3(c4ccccc4)c4ccccc4-c4c3ccc3ccccc43)c2)cc1. The average Bonchev–Trinajstić information content (AvgIpc) is 3.48. The molecule has 9 rings (SSSR count). The molecule has 0 amide bonds. The van der Waals surface area contributed by atoms with Crippen molar-refractivity contribution >= 4 is 27.8 Å². The Morgan fingerprint density at radius 1 is 0.354 bits per heavy atom. The molecule has 0 saturated heterocycles. The number of hydrogen-bond donors (Lipinski definition) is 0. The minimum Gasteiger partial charge on any atom is -0.310 e. The van der Waals surface area contributed by atoms with Crippen LogP contribution >= 0.6 is 0 Å². The Bertz CT molecular complexity index is 2360. The lowest BCUT2D eigenvalue weighted by molar-refractivity contribution is 0.771. The largest absolute Gasteiger partial charge is 0.310 e. The molecule has 0 radical (unpaired) electrons. The molecule has 226 valence electrons. The molecule has 8 aromatic rings. The van der Waals surface area contributed by atoms with Crippen molar-refractivity contribution in [3.05, 3.63) is 222 Å². The molecule has 1 aliphatic carbocycles. The zero-order valence-electron chi connectivity index (χ0n) is 26.5. The summed E-state index contributed by atoms with van der Waals surface area (Å²) in [5.74, 6) is 0. The molecule has 0 spiro atoms. The molecule has 1 aliphatic rings. The zero-order chi connectivity index (χ0) is 31.9. The zero-order valence-corrected chi connectivity index (χ0v) is 26.5. The number of benzene rings is 8. The van der Waals surface area contributed by atoms with Crippen LogP contribution in [0.3, 0.4) is 0 Å². The lowest BCUT2D eigenvalue weighted by atomic mass is 9.66. The van der Waals surface area contributed by atoms with Crippen molar-refractivity contribution in [2.24, 2.45) is 0 Å². The molecule has 0 heterocycles. The van der Waals surface area contributed by atoms with E-state index in [9.17, 15) is 0 Å². The highest BCUT2D eigenvalue weighted by atomic mass is 15.1. The van der Waals surface area contributed by atoms with Gasteiger partial charge in [-0.25, -0.2) is 0 Å². The van der Waals surface area contributed by atoms with Gasteiger partial charge in [-0.1, -0.05) is 164 Å². The fraction of sp³-hybridized carbons (Fsp3) is 0.0213. The smallest absolute Gasteiger partial charge is 0.0719 e. The highest BCUT2D eigenvalue weighted by molar-refractivity contribution is 6.04.